The maximum Gasteiger partial charge on any atom is 0.227 e. The van der Waals surface area contributed by atoms with E-state index in [-0.39, 0.29) is 24.6 Å². The molecule has 1 aromatic heterocycles. The summed E-state index contributed by atoms with van der Waals surface area (Å²) in [6.45, 7) is 0.197. The second-order valence-corrected chi connectivity index (χ2v) is 4.07. The molecule has 0 fully saturated rings. The van der Waals surface area contributed by atoms with Gasteiger partial charge in [0.2, 0.25) is 5.91 Å². The molecule has 1 heterocycles. The van der Waals surface area contributed by atoms with Crippen molar-refractivity contribution in [2.24, 2.45) is 0 Å². The summed E-state index contributed by atoms with van der Waals surface area (Å²) in [7, 11) is 0. The lowest BCUT2D eigenvalue weighted by Crippen LogP contribution is -2.16. The molecule has 0 spiro atoms. The molecule has 0 bridgehead atoms. The average Bonchev–Trinajstić information content (AvgIpc) is 2.44. The highest BCUT2D eigenvalue weighted by atomic mass is 19.1. The number of ether oxygens (including phenoxy) is 1. The number of carbonyl (C=O) groups excluding carboxylic acids is 1. The third-order valence-corrected chi connectivity index (χ3v) is 2.52. The van der Waals surface area contributed by atoms with Crippen molar-refractivity contribution in [2.75, 3.05) is 17.7 Å². The van der Waals surface area contributed by atoms with E-state index in [2.05, 4.69) is 10.3 Å². The zero-order valence-electron chi connectivity index (χ0n) is 10.7. The number of nitrogens with zero attached hydrogens (tertiary/aromatic N) is 1. The number of pyridine rings is 1. The van der Waals surface area contributed by atoms with Crippen LogP contribution in [-0.4, -0.2) is 17.5 Å². The second kappa shape index (κ2) is 6.51. The summed E-state index contributed by atoms with van der Waals surface area (Å²) < 4.78 is 18.6. The van der Waals surface area contributed by atoms with Gasteiger partial charge in [-0.05, 0) is 30.3 Å². The molecule has 1 amide bonds. The van der Waals surface area contributed by atoms with Crippen molar-refractivity contribution in [3.05, 3.63) is 48.5 Å². The molecule has 0 aliphatic carbocycles. The number of rotatable bonds is 5. The van der Waals surface area contributed by atoms with Crippen LogP contribution in [0, 0.1) is 5.82 Å². The molecule has 2 aromatic rings. The molecule has 20 heavy (non-hydrogen) atoms. The summed E-state index contributed by atoms with van der Waals surface area (Å²) in [6.07, 6.45) is 2.57. The molecule has 6 heteroatoms. The van der Waals surface area contributed by atoms with E-state index in [9.17, 15) is 9.18 Å². The molecule has 0 radical (unpaired) electrons. The Bertz CT molecular complexity index is 587. The topological polar surface area (TPSA) is 77.2 Å². The van der Waals surface area contributed by atoms with Crippen molar-refractivity contribution in [2.45, 2.75) is 6.42 Å². The molecule has 104 valence electrons. The number of hydrogen-bond donors (Lipinski definition) is 2. The number of nitrogens with one attached hydrogen (secondary N) is 1. The molecular weight excluding hydrogens is 261 g/mol. The zero-order valence-corrected chi connectivity index (χ0v) is 10.7. The van der Waals surface area contributed by atoms with E-state index in [1.54, 1.807) is 24.3 Å². The van der Waals surface area contributed by atoms with E-state index >= 15 is 0 Å². The van der Waals surface area contributed by atoms with E-state index in [1.807, 2.05) is 0 Å². The summed E-state index contributed by atoms with van der Waals surface area (Å²) in [5.41, 5.74) is 6.29. The Morgan fingerprint density at radius 2 is 2.05 bits per heavy atom. The van der Waals surface area contributed by atoms with Gasteiger partial charge in [0.25, 0.3) is 0 Å². The van der Waals surface area contributed by atoms with Gasteiger partial charge in [0.1, 0.15) is 5.75 Å². The Hall–Kier alpha value is -2.63. The normalized spacial score (nSPS) is 10.1. The summed E-state index contributed by atoms with van der Waals surface area (Å²) in [4.78, 5) is 15.2. The molecule has 0 saturated carbocycles. The molecule has 3 N–H and O–H groups in total. The molecule has 1 aromatic carbocycles. The van der Waals surface area contributed by atoms with Crippen LogP contribution in [0.4, 0.5) is 15.8 Å². The van der Waals surface area contributed by atoms with Crippen molar-refractivity contribution >= 4 is 17.3 Å². The molecule has 2 rings (SSSR count). The molecule has 0 aliphatic rings. The van der Waals surface area contributed by atoms with Gasteiger partial charge in [0, 0.05) is 11.9 Å². The lowest BCUT2D eigenvalue weighted by Gasteiger charge is -2.07. The maximum absolute atomic E-state index is 13.3. The predicted octanol–water partition coefficient (Wildman–Crippen LogP) is 2.21. The summed E-state index contributed by atoms with van der Waals surface area (Å²) in [5.74, 6) is -0.270. The highest BCUT2D eigenvalue weighted by molar-refractivity contribution is 5.90. The molecule has 0 unspecified atom stereocenters. The fourth-order valence-corrected chi connectivity index (χ4v) is 1.51. The number of amides is 1. The Kier molecular flexibility index (Phi) is 4.49. The number of nitrogen functional groups attached to an aromatic ring is 1. The van der Waals surface area contributed by atoms with Gasteiger partial charge >= 0.3 is 0 Å². The van der Waals surface area contributed by atoms with Gasteiger partial charge in [-0.15, -0.1) is 0 Å². The number of halogens is 1. The third kappa shape index (κ3) is 3.94. The average molecular weight is 275 g/mol. The van der Waals surface area contributed by atoms with Crippen LogP contribution in [0.2, 0.25) is 0 Å². The van der Waals surface area contributed by atoms with Crippen molar-refractivity contribution in [1.29, 1.82) is 0 Å². The van der Waals surface area contributed by atoms with Gasteiger partial charge in [-0.3, -0.25) is 9.78 Å². The van der Waals surface area contributed by atoms with Crippen molar-refractivity contribution in [3.63, 3.8) is 0 Å². The molecule has 0 aliphatic heterocycles. The second-order valence-electron chi connectivity index (χ2n) is 4.07. The molecule has 0 atom stereocenters. The standard InChI is InChI=1S/C14H14FN3O2/c15-12-9-17-7-5-13(12)18-14(19)6-8-20-11-3-1-10(16)2-4-11/h1-5,7,9H,6,8,16H2,(H,17,18,19). The van der Waals surface area contributed by atoms with E-state index < -0.39 is 5.82 Å². The SMILES string of the molecule is Nc1ccc(OCCC(=O)Nc2ccncc2F)cc1. The van der Waals surface area contributed by atoms with Crippen LogP contribution in [0.25, 0.3) is 0 Å². The summed E-state index contributed by atoms with van der Waals surface area (Å²) in [5, 5.41) is 2.45. The van der Waals surface area contributed by atoms with Gasteiger partial charge in [-0.1, -0.05) is 0 Å². The Balaban J connectivity index is 1.78. The zero-order chi connectivity index (χ0) is 14.4. The monoisotopic (exact) mass is 275 g/mol. The maximum atomic E-state index is 13.3. The van der Waals surface area contributed by atoms with Gasteiger partial charge in [0.05, 0.1) is 24.9 Å². The smallest absolute Gasteiger partial charge is 0.227 e. The largest absolute Gasteiger partial charge is 0.493 e. The van der Waals surface area contributed by atoms with Gasteiger partial charge in [-0.2, -0.15) is 0 Å². The highest BCUT2D eigenvalue weighted by Gasteiger charge is 2.06. The van der Waals surface area contributed by atoms with Crippen molar-refractivity contribution in [1.82, 2.24) is 4.98 Å². The first-order valence-electron chi connectivity index (χ1n) is 6.03. The summed E-state index contributed by atoms with van der Waals surface area (Å²) >= 11 is 0. The Morgan fingerprint density at radius 1 is 1.30 bits per heavy atom. The number of hydrogen-bond acceptors (Lipinski definition) is 4. The number of benzene rings is 1. The highest BCUT2D eigenvalue weighted by Crippen LogP contribution is 2.14. The van der Waals surface area contributed by atoms with Crippen molar-refractivity contribution < 1.29 is 13.9 Å². The first kappa shape index (κ1) is 13.8. The van der Waals surface area contributed by atoms with E-state index in [0.717, 1.165) is 6.20 Å². The van der Waals surface area contributed by atoms with Crippen molar-refractivity contribution in [3.8, 4) is 5.75 Å². The fraction of sp³-hybridized carbons (Fsp3) is 0.143. The molecule has 0 saturated heterocycles. The lowest BCUT2D eigenvalue weighted by atomic mass is 10.3. The quantitative estimate of drug-likeness (QED) is 0.820. The number of aromatic nitrogens is 1. The lowest BCUT2D eigenvalue weighted by molar-refractivity contribution is -0.116. The van der Waals surface area contributed by atoms with Gasteiger partial charge < -0.3 is 15.8 Å². The van der Waals surface area contributed by atoms with E-state index in [0.29, 0.717) is 11.4 Å². The minimum Gasteiger partial charge on any atom is -0.493 e. The fourth-order valence-electron chi connectivity index (χ4n) is 1.51. The number of anilines is 2. The first-order chi connectivity index (χ1) is 9.65. The Morgan fingerprint density at radius 3 is 2.75 bits per heavy atom. The van der Waals surface area contributed by atoms with Crippen LogP contribution in [0.15, 0.2) is 42.7 Å². The number of carbonyl (C=O) groups is 1. The van der Waals surface area contributed by atoms with E-state index in [4.69, 9.17) is 10.5 Å². The van der Waals surface area contributed by atoms with Crippen LogP contribution in [0.1, 0.15) is 6.42 Å². The minimum atomic E-state index is -0.569. The van der Waals surface area contributed by atoms with Gasteiger partial charge in [-0.25, -0.2) is 4.39 Å². The third-order valence-electron chi connectivity index (χ3n) is 2.52. The minimum absolute atomic E-state index is 0.109. The van der Waals surface area contributed by atoms with Crippen LogP contribution in [0.5, 0.6) is 5.75 Å². The molecule has 5 nitrogen and oxygen atoms in total. The predicted molar refractivity (Wildman–Crippen MR) is 73.8 cm³/mol. The van der Waals surface area contributed by atoms with E-state index in [1.165, 1.54) is 12.3 Å². The first-order valence-corrected chi connectivity index (χ1v) is 6.03. The number of nitrogens with two attached hydrogens (primary N) is 1. The van der Waals surface area contributed by atoms with Crippen LogP contribution >= 0.6 is 0 Å². The summed E-state index contributed by atoms with van der Waals surface area (Å²) in [6, 6.07) is 8.25. The van der Waals surface area contributed by atoms with Crippen LogP contribution in [0.3, 0.4) is 0 Å². The Labute approximate surface area is 115 Å². The molecular formula is C14H14FN3O2. The van der Waals surface area contributed by atoms with Gasteiger partial charge in [0.15, 0.2) is 5.82 Å². The van der Waals surface area contributed by atoms with Crippen LogP contribution < -0.4 is 15.8 Å². The van der Waals surface area contributed by atoms with Crippen LogP contribution in [-0.2, 0) is 4.79 Å².